The molecule has 1 saturated carbocycles. The first-order chi connectivity index (χ1) is 9.93. The molecule has 1 aromatic rings. The monoisotopic (exact) mass is 328 g/mol. The van der Waals surface area contributed by atoms with Crippen molar-refractivity contribution in [1.29, 1.82) is 0 Å². The Hall–Kier alpha value is -1.86. The molecule has 0 aliphatic heterocycles. The first-order valence-corrected chi connectivity index (χ1v) is 6.96. The van der Waals surface area contributed by atoms with Gasteiger partial charge >= 0.3 is 0 Å². The largest absolute Gasteiger partial charge is 0.377 e. The zero-order chi connectivity index (χ0) is 15.6. The minimum absolute atomic E-state index is 0. The highest BCUT2D eigenvalue weighted by molar-refractivity contribution is 5.95. The second-order valence-corrected chi connectivity index (χ2v) is 5.41. The van der Waals surface area contributed by atoms with Gasteiger partial charge in [0.05, 0.1) is 4.92 Å². The maximum absolute atomic E-state index is 12.3. The van der Waals surface area contributed by atoms with Crippen LogP contribution in [-0.2, 0) is 0 Å². The highest BCUT2D eigenvalue weighted by Gasteiger charge is 2.26. The van der Waals surface area contributed by atoms with E-state index in [-0.39, 0.29) is 30.0 Å². The summed E-state index contributed by atoms with van der Waals surface area (Å²) in [7, 11) is 1.64. The van der Waals surface area contributed by atoms with Crippen LogP contribution >= 0.6 is 12.4 Å². The molecule has 0 saturated heterocycles. The van der Waals surface area contributed by atoms with Gasteiger partial charge in [-0.2, -0.15) is 0 Å². The molecule has 1 amide bonds. The molecule has 1 fully saturated rings. The van der Waals surface area contributed by atoms with Gasteiger partial charge in [0.2, 0.25) is 0 Å². The number of nitrogens with two attached hydrogens (primary N) is 1. The molecule has 0 aromatic heterocycles. The quantitative estimate of drug-likeness (QED) is 0.614. The number of carbonyl (C=O) groups excluding carboxylic acids is 1. The zero-order valence-corrected chi connectivity index (χ0v) is 13.4. The van der Waals surface area contributed by atoms with E-state index in [2.05, 4.69) is 5.32 Å². The van der Waals surface area contributed by atoms with Crippen molar-refractivity contribution in [3.05, 3.63) is 33.9 Å². The van der Waals surface area contributed by atoms with Gasteiger partial charge in [0.1, 0.15) is 5.69 Å². The summed E-state index contributed by atoms with van der Waals surface area (Å²) in [4.78, 5) is 24.5. The fraction of sp³-hybridized carbons (Fsp3) is 0.500. The van der Waals surface area contributed by atoms with Gasteiger partial charge in [-0.15, -0.1) is 12.4 Å². The highest BCUT2D eigenvalue weighted by atomic mass is 35.5. The van der Waals surface area contributed by atoms with Crippen LogP contribution in [-0.4, -0.2) is 41.4 Å². The molecular formula is C14H21ClN4O3. The van der Waals surface area contributed by atoms with Crippen LogP contribution in [0, 0.1) is 10.1 Å². The third-order valence-corrected chi connectivity index (χ3v) is 3.70. The average Bonchev–Trinajstić information content (AvgIpc) is 3.29. The van der Waals surface area contributed by atoms with Crippen molar-refractivity contribution in [3.63, 3.8) is 0 Å². The van der Waals surface area contributed by atoms with Crippen molar-refractivity contribution in [2.45, 2.75) is 31.8 Å². The molecule has 1 unspecified atom stereocenters. The molecule has 1 aliphatic carbocycles. The Balaban J connectivity index is 0.00000242. The molecule has 0 heterocycles. The van der Waals surface area contributed by atoms with E-state index in [1.807, 2.05) is 6.92 Å². The summed E-state index contributed by atoms with van der Waals surface area (Å²) >= 11 is 0. The Morgan fingerprint density at radius 1 is 1.55 bits per heavy atom. The van der Waals surface area contributed by atoms with Crippen LogP contribution in [0.3, 0.4) is 0 Å². The Morgan fingerprint density at radius 2 is 2.18 bits per heavy atom. The van der Waals surface area contributed by atoms with Crippen LogP contribution < -0.4 is 11.1 Å². The van der Waals surface area contributed by atoms with Gasteiger partial charge in [-0.3, -0.25) is 14.9 Å². The van der Waals surface area contributed by atoms with Gasteiger partial charge in [0, 0.05) is 37.3 Å². The van der Waals surface area contributed by atoms with Crippen molar-refractivity contribution in [2.75, 3.05) is 18.9 Å². The molecule has 1 atom stereocenters. The van der Waals surface area contributed by atoms with Crippen LogP contribution in [0.5, 0.6) is 0 Å². The first-order valence-electron chi connectivity index (χ1n) is 6.96. The lowest BCUT2D eigenvalue weighted by Crippen LogP contribution is -2.39. The summed E-state index contributed by atoms with van der Waals surface area (Å²) in [5.41, 5.74) is 6.24. The SMILES string of the molecule is CC(CN)N(C)C(=O)c1ccc(NC2CC2)c([N+](=O)[O-])c1.Cl. The van der Waals surface area contributed by atoms with Crippen LogP contribution in [0.2, 0.25) is 0 Å². The van der Waals surface area contributed by atoms with Crippen LogP contribution in [0.15, 0.2) is 18.2 Å². The summed E-state index contributed by atoms with van der Waals surface area (Å²) < 4.78 is 0. The molecule has 2 rings (SSSR count). The van der Waals surface area contributed by atoms with Gasteiger partial charge in [0.15, 0.2) is 0 Å². The van der Waals surface area contributed by atoms with Gasteiger partial charge in [-0.1, -0.05) is 0 Å². The number of nitrogens with zero attached hydrogens (tertiary/aromatic N) is 2. The Kier molecular flexibility index (Phi) is 6.13. The summed E-state index contributed by atoms with van der Waals surface area (Å²) in [5.74, 6) is -0.269. The topological polar surface area (TPSA) is 102 Å². The fourth-order valence-electron chi connectivity index (χ4n) is 1.95. The molecule has 3 N–H and O–H groups in total. The number of hydrogen-bond donors (Lipinski definition) is 2. The van der Waals surface area contributed by atoms with E-state index in [0.717, 1.165) is 12.8 Å². The van der Waals surface area contributed by atoms with E-state index in [4.69, 9.17) is 5.73 Å². The zero-order valence-electron chi connectivity index (χ0n) is 12.6. The predicted octanol–water partition coefficient (Wildman–Crippen LogP) is 2.01. The van der Waals surface area contributed by atoms with Crippen molar-refractivity contribution in [2.24, 2.45) is 5.73 Å². The number of hydrogen-bond acceptors (Lipinski definition) is 5. The molecule has 7 nitrogen and oxygen atoms in total. The lowest BCUT2D eigenvalue weighted by Gasteiger charge is -2.23. The van der Waals surface area contributed by atoms with Crippen molar-refractivity contribution in [1.82, 2.24) is 4.90 Å². The lowest BCUT2D eigenvalue weighted by atomic mass is 10.1. The normalized spacial score (nSPS) is 14.7. The number of nitrogens with one attached hydrogen (secondary N) is 1. The van der Waals surface area contributed by atoms with Crippen molar-refractivity contribution < 1.29 is 9.72 Å². The lowest BCUT2D eigenvalue weighted by molar-refractivity contribution is -0.384. The number of carbonyl (C=O) groups is 1. The average molecular weight is 329 g/mol. The Labute approximate surface area is 135 Å². The van der Waals surface area contributed by atoms with Gasteiger partial charge in [-0.25, -0.2) is 0 Å². The standard InChI is InChI=1S/C14H20N4O3.ClH/c1-9(8-15)17(2)14(19)10-3-6-12(16-11-4-5-11)13(7-10)18(20)21;/h3,6-7,9,11,16H,4-5,8,15H2,1-2H3;1H. The Morgan fingerprint density at radius 3 is 2.68 bits per heavy atom. The summed E-state index contributed by atoms with van der Waals surface area (Å²) in [5, 5.41) is 14.3. The number of nitro groups is 1. The van der Waals surface area contributed by atoms with Gasteiger partial charge in [-0.05, 0) is 31.9 Å². The second kappa shape index (κ2) is 7.42. The summed E-state index contributed by atoms with van der Waals surface area (Å²) in [6.45, 7) is 2.17. The van der Waals surface area contributed by atoms with Crippen molar-refractivity contribution in [3.8, 4) is 0 Å². The minimum Gasteiger partial charge on any atom is -0.377 e. The minimum atomic E-state index is -0.464. The molecule has 8 heteroatoms. The van der Waals surface area contributed by atoms with E-state index in [9.17, 15) is 14.9 Å². The number of likely N-dealkylation sites (N-methyl/N-ethyl adjacent to an activating group) is 1. The maximum atomic E-state index is 12.3. The molecular weight excluding hydrogens is 308 g/mol. The van der Waals surface area contributed by atoms with E-state index in [0.29, 0.717) is 23.8 Å². The number of rotatable bonds is 6. The molecule has 0 bridgehead atoms. The highest BCUT2D eigenvalue weighted by Crippen LogP contribution is 2.31. The molecule has 1 aliphatic rings. The smallest absolute Gasteiger partial charge is 0.293 e. The number of nitro benzene ring substituents is 1. The fourth-order valence-corrected chi connectivity index (χ4v) is 1.95. The number of anilines is 1. The Bertz CT molecular complexity index is 563. The summed E-state index contributed by atoms with van der Waals surface area (Å²) in [6.07, 6.45) is 2.04. The number of amides is 1. The van der Waals surface area contributed by atoms with Gasteiger partial charge < -0.3 is 16.0 Å². The van der Waals surface area contributed by atoms with E-state index in [1.54, 1.807) is 19.2 Å². The van der Waals surface area contributed by atoms with Crippen molar-refractivity contribution >= 4 is 29.7 Å². The molecule has 0 spiro atoms. The third kappa shape index (κ3) is 4.08. The van der Waals surface area contributed by atoms with E-state index in [1.165, 1.54) is 11.0 Å². The molecule has 122 valence electrons. The molecule has 1 aromatic carbocycles. The second-order valence-electron chi connectivity index (χ2n) is 5.41. The predicted molar refractivity (Wildman–Crippen MR) is 87.6 cm³/mol. The number of benzene rings is 1. The third-order valence-electron chi connectivity index (χ3n) is 3.70. The first kappa shape index (κ1) is 18.2. The van der Waals surface area contributed by atoms with Crippen LogP contribution in [0.4, 0.5) is 11.4 Å². The maximum Gasteiger partial charge on any atom is 0.293 e. The molecule has 0 radical (unpaired) electrons. The van der Waals surface area contributed by atoms with Crippen LogP contribution in [0.1, 0.15) is 30.1 Å². The van der Waals surface area contributed by atoms with Gasteiger partial charge in [0.25, 0.3) is 11.6 Å². The number of halogens is 1. The van der Waals surface area contributed by atoms with E-state index >= 15 is 0 Å². The summed E-state index contributed by atoms with van der Waals surface area (Å²) in [6, 6.07) is 4.73. The van der Waals surface area contributed by atoms with E-state index < -0.39 is 4.92 Å². The van der Waals surface area contributed by atoms with Crippen LogP contribution in [0.25, 0.3) is 0 Å². The molecule has 22 heavy (non-hydrogen) atoms.